The first-order valence-corrected chi connectivity index (χ1v) is 10.1. The number of hydrogen-bond donors (Lipinski definition) is 1. The van der Waals surface area contributed by atoms with E-state index < -0.39 is 28.2 Å². The molecule has 1 aromatic carbocycles. The van der Waals surface area contributed by atoms with Gasteiger partial charge >= 0.3 is 6.18 Å². The Hall–Kier alpha value is -2.36. The molecule has 0 spiro atoms. The summed E-state index contributed by atoms with van der Waals surface area (Å²) in [6.07, 6.45) is -1.17. The number of aliphatic imine (C=N–C) groups is 1. The second-order valence-corrected chi connectivity index (χ2v) is 7.70. The van der Waals surface area contributed by atoms with Gasteiger partial charge < -0.3 is 9.88 Å². The van der Waals surface area contributed by atoms with Crippen molar-refractivity contribution in [1.82, 2.24) is 9.88 Å². The van der Waals surface area contributed by atoms with Gasteiger partial charge in [-0.15, -0.1) is 0 Å². The third-order valence-corrected chi connectivity index (χ3v) is 5.22. The Bertz CT molecular complexity index is 1110. The molecule has 0 saturated heterocycles. The number of nitrogens with one attached hydrogen (secondary N) is 1. The third kappa shape index (κ3) is 4.80. The van der Waals surface area contributed by atoms with E-state index in [0.717, 1.165) is 17.7 Å². The van der Waals surface area contributed by atoms with Gasteiger partial charge in [0.05, 0.1) is 16.3 Å². The lowest BCUT2D eigenvalue weighted by Crippen LogP contribution is -2.20. The highest BCUT2D eigenvalue weighted by molar-refractivity contribution is 7.73. The van der Waals surface area contributed by atoms with Crippen LogP contribution in [-0.4, -0.2) is 30.6 Å². The zero-order valence-corrected chi connectivity index (χ0v) is 16.8. The molecule has 29 heavy (non-hydrogen) atoms. The first-order chi connectivity index (χ1) is 13.7. The fourth-order valence-corrected chi connectivity index (χ4v) is 3.81. The molecule has 0 radical (unpaired) electrons. The number of halogens is 4. The Morgan fingerprint density at radius 1 is 1.28 bits per heavy atom. The Morgan fingerprint density at radius 2 is 2.03 bits per heavy atom. The molecular weight excluding hydrogens is 427 g/mol. The van der Waals surface area contributed by atoms with E-state index in [-0.39, 0.29) is 9.90 Å². The molecular formula is C19H17ClF3N3O2S. The maximum Gasteiger partial charge on any atom is 0.416 e. The summed E-state index contributed by atoms with van der Waals surface area (Å²) in [5.74, 6) is 0. The van der Waals surface area contributed by atoms with Gasteiger partial charge in [-0.2, -0.15) is 21.6 Å². The maximum absolute atomic E-state index is 13.2. The molecule has 1 unspecified atom stereocenters. The molecule has 0 saturated carbocycles. The van der Waals surface area contributed by atoms with Crippen LogP contribution in [0.25, 0.3) is 11.3 Å². The lowest BCUT2D eigenvalue weighted by Gasteiger charge is -2.20. The van der Waals surface area contributed by atoms with Crippen LogP contribution in [0.2, 0.25) is 0 Å². The third-order valence-electron chi connectivity index (χ3n) is 4.30. The van der Waals surface area contributed by atoms with Gasteiger partial charge in [0.2, 0.25) is 10.3 Å². The Labute approximate surface area is 172 Å². The summed E-state index contributed by atoms with van der Waals surface area (Å²) in [5, 5.41) is 3.30. The summed E-state index contributed by atoms with van der Waals surface area (Å²) >= 11 is 5.88. The molecule has 0 aliphatic carbocycles. The number of benzene rings is 1. The van der Waals surface area contributed by atoms with E-state index in [0.29, 0.717) is 24.3 Å². The highest BCUT2D eigenvalue weighted by Gasteiger charge is 2.31. The van der Waals surface area contributed by atoms with Crippen LogP contribution >= 0.6 is 11.6 Å². The van der Waals surface area contributed by atoms with Crippen molar-refractivity contribution in [2.45, 2.75) is 25.8 Å². The molecule has 1 atom stereocenters. The van der Waals surface area contributed by atoms with Crippen LogP contribution < -0.4 is 5.32 Å². The first-order valence-electron chi connectivity index (χ1n) is 8.66. The van der Waals surface area contributed by atoms with Gasteiger partial charge in [0, 0.05) is 19.0 Å². The fraction of sp³-hybridized carbons (Fsp3) is 0.263. The predicted molar refractivity (Wildman–Crippen MR) is 108 cm³/mol. The molecule has 5 nitrogen and oxygen atoms in total. The van der Waals surface area contributed by atoms with Gasteiger partial charge in [0.1, 0.15) is 4.86 Å². The van der Waals surface area contributed by atoms with Crippen molar-refractivity contribution in [1.29, 1.82) is 0 Å². The fourth-order valence-electron chi connectivity index (χ4n) is 3.00. The maximum atomic E-state index is 13.2. The molecule has 1 aliphatic heterocycles. The number of allylic oxidation sites excluding steroid dienone is 1. The van der Waals surface area contributed by atoms with Gasteiger partial charge in [0.25, 0.3) is 0 Å². The van der Waals surface area contributed by atoms with Gasteiger partial charge in [-0.25, -0.2) is 0 Å². The molecule has 2 heterocycles. The zero-order chi connectivity index (χ0) is 21.2. The molecule has 0 fully saturated rings. The van der Waals surface area contributed by atoms with Crippen molar-refractivity contribution in [3.63, 3.8) is 0 Å². The highest BCUT2D eigenvalue weighted by Crippen LogP contribution is 2.34. The normalized spacial score (nSPS) is 16.8. The number of alkyl halides is 3. The lowest BCUT2D eigenvalue weighted by atomic mass is 10.1. The van der Waals surface area contributed by atoms with Crippen molar-refractivity contribution in [3.8, 4) is 11.3 Å². The smallest absolute Gasteiger partial charge is 0.320 e. The van der Waals surface area contributed by atoms with Crippen LogP contribution in [0.15, 0.2) is 52.6 Å². The van der Waals surface area contributed by atoms with E-state index in [2.05, 4.69) is 10.3 Å². The van der Waals surface area contributed by atoms with Crippen molar-refractivity contribution in [2.24, 2.45) is 4.99 Å². The standard InChI is InChI=1S/C19H17ClF3N3O2S/c1-2-24-9-12-6-16(13-4-3-5-14(7-13)19(21,22)23)26(11-12)18-17(29(27)28)8-15(20)10-25-18/h3-8,10-11,18,24H,2,9H2,1H3. The quantitative estimate of drug-likeness (QED) is 0.709. The minimum atomic E-state index is -4.49. The largest absolute Gasteiger partial charge is 0.416 e. The lowest BCUT2D eigenvalue weighted by molar-refractivity contribution is -0.137. The van der Waals surface area contributed by atoms with Crippen molar-refractivity contribution in [3.05, 3.63) is 58.8 Å². The minimum absolute atomic E-state index is 0.0728. The van der Waals surface area contributed by atoms with E-state index >= 15 is 0 Å². The van der Waals surface area contributed by atoms with Gasteiger partial charge in [0.15, 0.2) is 6.17 Å². The van der Waals surface area contributed by atoms with Crippen LogP contribution in [0.3, 0.4) is 0 Å². The summed E-state index contributed by atoms with van der Waals surface area (Å²) in [5.41, 5.74) is 0.712. The number of aromatic nitrogens is 1. The summed E-state index contributed by atoms with van der Waals surface area (Å²) in [7, 11) is -2.61. The SMILES string of the molecule is CCNCc1cc(-c2cccc(C(F)(F)F)c2)n(C2N=CC(Cl)=CC2=S(=O)=O)c1. The van der Waals surface area contributed by atoms with Gasteiger partial charge in [-0.05, 0) is 41.9 Å². The van der Waals surface area contributed by atoms with E-state index in [9.17, 15) is 21.6 Å². The number of hydrogen-bond acceptors (Lipinski definition) is 4. The number of dihydropyridines is 1. The second kappa shape index (κ2) is 8.56. The first kappa shape index (κ1) is 21.4. The van der Waals surface area contributed by atoms with Crippen LogP contribution in [0.4, 0.5) is 13.2 Å². The number of nitrogens with zero attached hydrogens (tertiary/aromatic N) is 2. The van der Waals surface area contributed by atoms with Crippen molar-refractivity contribution in [2.75, 3.05) is 6.54 Å². The van der Waals surface area contributed by atoms with E-state index in [1.54, 1.807) is 22.9 Å². The van der Waals surface area contributed by atoms with Crippen LogP contribution in [-0.2, 0) is 23.0 Å². The van der Waals surface area contributed by atoms with Crippen molar-refractivity contribution < 1.29 is 21.6 Å². The van der Waals surface area contributed by atoms with E-state index in [1.165, 1.54) is 18.4 Å². The molecule has 3 rings (SSSR count). The average molecular weight is 444 g/mol. The second-order valence-electron chi connectivity index (χ2n) is 6.32. The van der Waals surface area contributed by atoms with E-state index in [1.807, 2.05) is 6.92 Å². The Morgan fingerprint density at radius 3 is 2.69 bits per heavy atom. The van der Waals surface area contributed by atoms with E-state index in [4.69, 9.17) is 11.6 Å². The predicted octanol–water partition coefficient (Wildman–Crippen LogP) is 4.04. The van der Waals surface area contributed by atoms with Gasteiger partial charge in [-0.1, -0.05) is 30.7 Å². The number of rotatable bonds is 5. The summed E-state index contributed by atoms with van der Waals surface area (Å²) in [6.45, 7) is 3.10. The molecule has 154 valence electrons. The zero-order valence-electron chi connectivity index (χ0n) is 15.2. The Kier molecular flexibility index (Phi) is 6.30. The summed E-state index contributed by atoms with van der Waals surface area (Å²) in [4.78, 5) is 4.13. The monoisotopic (exact) mass is 443 g/mol. The van der Waals surface area contributed by atoms with Crippen LogP contribution in [0.5, 0.6) is 0 Å². The minimum Gasteiger partial charge on any atom is -0.320 e. The molecule has 10 heteroatoms. The summed E-state index contributed by atoms with van der Waals surface area (Å²) < 4.78 is 64.5. The average Bonchev–Trinajstić information content (AvgIpc) is 3.09. The van der Waals surface area contributed by atoms with Gasteiger partial charge in [-0.3, -0.25) is 4.99 Å². The molecule has 2 aromatic rings. The highest BCUT2D eigenvalue weighted by atomic mass is 35.5. The van der Waals surface area contributed by atoms with Crippen molar-refractivity contribution >= 4 is 33.0 Å². The molecule has 1 aromatic heterocycles. The topological polar surface area (TPSA) is 63.5 Å². The molecule has 1 aliphatic rings. The molecule has 0 amide bonds. The molecule has 0 bridgehead atoms. The van der Waals surface area contributed by atoms with Crippen LogP contribution in [0.1, 0.15) is 24.2 Å². The summed E-state index contributed by atoms with van der Waals surface area (Å²) in [6, 6.07) is 6.60. The Balaban J connectivity index is 2.17. The molecule has 1 N–H and O–H groups in total. The van der Waals surface area contributed by atoms with Crippen LogP contribution in [0, 0.1) is 0 Å².